The lowest BCUT2D eigenvalue weighted by atomic mass is 10.1. The topological polar surface area (TPSA) is 131 Å². The summed E-state index contributed by atoms with van der Waals surface area (Å²) in [6, 6.07) is 0. The number of ether oxygens (including phenoxy) is 2. The molecule has 0 aliphatic rings. The minimum atomic E-state index is -4.68. The van der Waals surface area contributed by atoms with E-state index in [0.717, 1.165) is 44.9 Å². The Morgan fingerprint density at radius 3 is 1.76 bits per heavy atom. The number of aliphatic hydroxyl groups excluding tert-OH is 1. The highest BCUT2D eigenvalue weighted by molar-refractivity contribution is 7.45. The van der Waals surface area contributed by atoms with Crippen LogP contribution in [0.4, 0.5) is 0 Å². The average molecular weight is 852 g/mol. The van der Waals surface area contributed by atoms with Crippen molar-refractivity contribution in [1.82, 2.24) is 0 Å². The van der Waals surface area contributed by atoms with Crippen LogP contribution in [0.25, 0.3) is 0 Å². The number of rotatable bonds is 41. The van der Waals surface area contributed by atoms with Gasteiger partial charge >= 0.3 is 11.9 Å². The third-order valence-electron chi connectivity index (χ3n) is 9.61. The average Bonchev–Trinajstić information content (AvgIpc) is 3.18. The van der Waals surface area contributed by atoms with E-state index in [0.29, 0.717) is 30.3 Å². The van der Waals surface area contributed by atoms with Gasteiger partial charge in [-0.3, -0.25) is 14.2 Å². The van der Waals surface area contributed by atoms with Crippen molar-refractivity contribution in [2.45, 2.75) is 187 Å². The first-order chi connectivity index (χ1) is 28.4. The number of likely N-dealkylation sites (N-methyl/N-ethyl adjacent to an activating group) is 1. The number of hydrogen-bond donors (Lipinski definition) is 1. The zero-order valence-corrected chi connectivity index (χ0v) is 38.9. The van der Waals surface area contributed by atoms with E-state index in [-0.39, 0.29) is 26.1 Å². The van der Waals surface area contributed by atoms with E-state index in [9.17, 15) is 24.2 Å². The van der Waals surface area contributed by atoms with E-state index < -0.39 is 38.6 Å². The van der Waals surface area contributed by atoms with Gasteiger partial charge in [-0.2, -0.15) is 0 Å². The number of unbranched alkanes of at least 4 members (excludes halogenated alkanes) is 16. The highest BCUT2D eigenvalue weighted by Crippen LogP contribution is 2.38. The van der Waals surface area contributed by atoms with Crippen molar-refractivity contribution in [1.29, 1.82) is 0 Å². The quantitative estimate of drug-likeness (QED) is 0.0159. The molecular formula is C48H86NO9P. The van der Waals surface area contributed by atoms with E-state index >= 15 is 0 Å². The van der Waals surface area contributed by atoms with Gasteiger partial charge in [-0.1, -0.05) is 152 Å². The van der Waals surface area contributed by atoms with Gasteiger partial charge in [0.2, 0.25) is 0 Å². The van der Waals surface area contributed by atoms with Crippen molar-refractivity contribution in [3.8, 4) is 0 Å². The molecule has 0 aromatic rings. The largest absolute Gasteiger partial charge is 0.756 e. The molecule has 0 aliphatic heterocycles. The van der Waals surface area contributed by atoms with Crippen LogP contribution in [0.1, 0.15) is 174 Å². The Balaban J connectivity index is 4.53. The van der Waals surface area contributed by atoms with Crippen molar-refractivity contribution in [2.24, 2.45) is 0 Å². The Hall–Kier alpha value is -2.33. The molecule has 0 rings (SSSR count). The van der Waals surface area contributed by atoms with Gasteiger partial charge in [-0.15, -0.1) is 0 Å². The summed E-state index contributed by atoms with van der Waals surface area (Å²) in [5, 5.41) is 10.3. The second kappa shape index (κ2) is 39.8. The molecule has 0 fully saturated rings. The summed E-state index contributed by atoms with van der Waals surface area (Å²) in [6.45, 7) is 3.96. The predicted octanol–water partition coefficient (Wildman–Crippen LogP) is 11.6. The molecule has 0 amide bonds. The molecule has 0 saturated carbocycles. The molecule has 0 spiro atoms. The molecule has 342 valence electrons. The lowest BCUT2D eigenvalue weighted by molar-refractivity contribution is -0.870. The van der Waals surface area contributed by atoms with Crippen molar-refractivity contribution in [3.63, 3.8) is 0 Å². The number of hydrogen-bond acceptors (Lipinski definition) is 9. The van der Waals surface area contributed by atoms with E-state index in [4.69, 9.17) is 18.5 Å². The van der Waals surface area contributed by atoms with Gasteiger partial charge in [0.15, 0.2) is 6.10 Å². The van der Waals surface area contributed by atoms with E-state index in [2.05, 4.69) is 50.3 Å². The number of aliphatic hydroxyl groups is 1. The Morgan fingerprint density at radius 1 is 0.627 bits per heavy atom. The van der Waals surface area contributed by atoms with Crippen LogP contribution in [0, 0.1) is 0 Å². The zero-order valence-electron chi connectivity index (χ0n) is 38.0. The van der Waals surface area contributed by atoms with E-state index in [1.807, 2.05) is 33.3 Å². The van der Waals surface area contributed by atoms with Gasteiger partial charge in [0, 0.05) is 12.8 Å². The van der Waals surface area contributed by atoms with Gasteiger partial charge in [-0.25, -0.2) is 0 Å². The highest BCUT2D eigenvalue weighted by atomic mass is 31.2. The molecular weight excluding hydrogens is 766 g/mol. The van der Waals surface area contributed by atoms with E-state index in [1.54, 1.807) is 12.2 Å². The van der Waals surface area contributed by atoms with Crippen LogP contribution in [0.2, 0.25) is 0 Å². The lowest BCUT2D eigenvalue weighted by Crippen LogP contribution is -2.37. The smallest absolute Gasteiger partial charge is 0.306 e. The fourth-order valence-corrected chi connectivity index (χ4v) is 6.66. The number of esters is 2. The van der Waals surface area contributed by atoms with Crippen LogP contribution in [0.5, 0.6) is 0 Å². The molecule has 1 unspecified atom stereocenters. The molecule has 0 aliphatic carbocycles. The number of nitrogens with zero attached hydrogens (tertiary/aromatic N) is 1. The van der Waals surface area contributed by atoms with Crippen molar-refractivity contribution in [2.75, 3.05) is 47.5 Å². The standard InChI is InChI=1S/C48H86NO9P/c1-6-8-10-12-14-16-18-20-21-22-23-25-27-29-31-33-35-39-47(51)55-43-46(44-57-59(53,54)56-42-41-49(3,4)5)58-48(52)40-36-38-45(50)37-34-32-30-28-26-24-19-17-15-13-11-9-7-2/h15,17,20-21,24,26,30,32,34,37,45-46,50H,6-14,16,18-19,22-23,25,27-29,31,33,35-36,38-44H2,1-5H3/b17-15-,21-20-,26-24-,32-30-,37-34+/t45-,46+/m0/s1. The van der Waals surface area contributed by atoms with Gasteiger partial charge in [-0.05, 0) is 70.6 Å². The summed E-state index contributed by atoms with van der Waals surface area (Å²) < 4.78 is 33.8. The van der Waals surface area contributed by atoms with Crippen LogP contribution >= 0.6 is 7.82 Å². The van der Waals surface area contributed by atoms with E-state index in [1.165, 1.54) is 83.5 Å². The Labute approximate surface area is 360 Å². The monoisotopic (exact) mass is 852 g/mol. The Kier molecular flexibility index (Phi) is 38.2. The fraction of sp³-hybridized carbons (Fsp3) is 0.750. The second-order valence-electron chi connectivity index (χ2n) is 16.6. The number of carbonyl (C=O) groups is 2. The van der Waals surface area contributed by atoms with Crippen molar-refractivity contribution < 1.29 is 47.2 Å². The van der Waals surface area contributed by atoms with Gasteiger partial charge in [0.05, 0.1) is 33.9 Å². The third-order valence-corrected chi connectivity index (χ3v) is 10.6. The molecule has 59 heavy (non-hydrogen) atoms. The predicted molar refractivity (Wildman–Crippen MR) is 242 cm³/mol. The van der Waals surface area contributed by atoms with Crippen molar-refractivity contribution >= 4 is 19.8 Å². The molecule has 11 heteroatoms. The molecule has 10 nitrogen and oxygen atoms in total. The summed E-state index contributed by atoms with van der Waals surface area (Å²) in [6.07, 6.45) is 44.2. The number of allylic oxidation sites excluding steroid dienone is 9. The second-order valence-corrected chi connectivity index (χ2v) is 18.0. The molecule has 0 radical (unpaired) electrons. The summed E-state index contributed by atoms with van der Waals surface area (Å²) in [7, 11) is 1.04. The normalized spacial score (nSPS) is 14.6. The van der Waals surface area contributed by atoms with Crippen molar-refractivity contribution in [3.05, 3.63) is 60.8 Å². The first-order valence-electron chi connectivity index (χ1n) is 23.1. The van der Waals surface area contributed by atoms with Gasteiger partial charge in [0.25, 0.3) is 7.82 Å². The molecule has 0 heterocycles. The highest BCUT2D eigenvalue weighted by Gasteiger charge is 2.22. The Morgan fingerprint density at radius 2 is 1.14 bits per heavy atom. The molecule has 1 N–H and O–H groups in total. The number of phosphoric ester groups is 1. The maximum absolute atomic E-state index is 12.7. The first-order valence-corrected chi connectivity index (χ1v) is 24.6. The maximum atomic E-state index is 12.7. The van der Waals surface area contributed by atoms with Crippen LogP contribution in [-0.2, 0) is 32.7 Å². The first kappa shape index (κ1) is 56.7. The number of carbonyl (C=O) groups excluding carboxylic acids is 2. The van der Waals surface area contributed by atoms with Crippen LogP contribution in [0.3, 0.4) is 0 Å². The minimum absolute atomic E-state index is 0.00593. The Bertz CT molecular complexity index is 1210. The molecule has 3 atom stereocenters. The molecule has 0 aromatic carbocycles. The van der Waals surface area contributed by atoms with Gasteiger partial charge in [0.1, 0.15) is 19.8 Å². The fourth-order valence-electron chi connectivity index (χ4n) is 5.93. The third kappa shape index (κ3) is 43.6. The lowest BCUT2D eigenvalue weighted by Gasteiger charge is -2.28. The summed E-state index contributed by atoms with van der Waals surface area (Å²) in [4.78, 5) is 37.6. The SMILES string of the molecule is CCCCC/C=C\C/C=C\C/C=C\C=C\[C@H](O)CCCC(=O)O[C@H](COC(=O)CCCCCCCCC/C=C\CCCCCCCC)COP(=O)([O-])OCC[N+](C)(C)C. The zero-order chi connectivity index (χ0) is 43.7. The molecule has 0 aromatic heterocycles. The molecule has 0 bridgehead atoms. The summed E-state index contributed by atoms with van der Waals surface area (Å²) >= 11 is 0. The van der Waals surface area contributed by atoms with Crippen LogP contribution in [0.15, 0.2) is 60.8 Å². The number of quaternary nitrogens is 1. The van der Waals surface area contributed by atoms with Crippen LogP contribution < -0.4 is 4.89 Å². The van der Waals surface area contributed by atoms with Crippen LogP contribution in [-0.4, -0.2) is 81.2 Å². The summed E-state index contributed by atoms with van der Waals surface area (Å²) in [5.41, 5.74) is 0. The maximum Gasteiger partial charge on any atom is 0.306 e. The van der Waals surface area contributed by atoms with Gasteiger partial charge < -0.3 is 33.0 Å². The molecule has 0 saturated heterocycles. The minimum Gasteiger partial charge on any atom is -0.756 e. The number of phosphoric acid groups is 1. The summed E-state index contributed by atoms with van der Waals surface area (Å²) in [5.74, 6) is -1.04.